The lowest BCUT2D eigenvalue weighted by atomic mass is 9.98. The smallest absolute Gasteiger partial charge is 0.303 e. The highest BCUT2D eigenvalue weighted by Gasteiger charge is 2.27. The fourth-order valence-electron chi connectivity index (χ4n) is 2.49. The average molecular weight is 234 g/mol. The van der Waals surface area contributed by atoms with E-state index in [0.29, 0.717) is 0 Å². The largest absolute Gasteiger partial charge is 0.491 e. The van der Waals surface area contributed by atoms with Crippen molar-refractivity contribution in [3.05, 3.63) is 29.3 Å². The second-order valence-corrected chi connectivity index (χ2v) is 4.82. The van der Waals surface area contributed by atoms with Gasteiger partial charge in [0.2, 0.25) is 0 Å². The van der Waals surface area contributed by atoms with Crippen LogP contribution in [0.1, 0.15) is 43.7 Å². The Morgan fingerprint density at radius 3 is 2.94 bits per heavy atom. The summed E-state index contributed by atoms with van der Waals surface area (Å²) in [5.41, 5.74) is 2.36. The van der Waals surface area contributed by atoms with Crippen LogP contribution in [-0.2, 0) is 11.2 Å². The van der Waals surface area contributed by atoms with Gasteiger partial charge < -0.3 is 9.84 Å². The molecule has 0 spiro atoms. The van der Waals surface area contributed by atoms with Crippen molar-refractivity contribution in [2.45, 2.75) is 45.1 Å². The van der Waals surface area contributed by atoms with Crippen LogP contribution in [0.3, 0.4) is 0 Å². The molecular formula is C14H18O3. The van der Waals surface area contributed by atoms with E-state index in [-0.39, 0.29) is 18.4 Å². The molecule has 1 aliphatic carbocycles. The first-order valence-electron chi connectivity index (χ1n) is 6.08. The molecule has 0 aliphatic heterocycles. The maximum atomic E-state index is 10.8. The number of hydrogen-bond donors (Lipinski definition) is 1. The molecule has 0 fully saturated rings. The number of fused-ring (bicyclic) bond motifs is 1. The Hall–Kier alpha value is -1.51. The maximum absolute atomic E-state index is 10.8. The van der Waals surface area contributed by atoms with Gasteiger partial charge >= 0.3 is 5.97 Å². The number of carbonyl (C=O) groups is 1. The lowest BCUT2D eigenvalue weighted by Gasteiger charge is -2.14. The van der Waals surface area contributed by atoms with Gasteiger partial charge in [0.15, 0.2) is 0 Å². The van der Waals surface area contributed by atoms with Gasteiger partial charge in [-0.2, -0.15) is 0 Å². The molecule has 1 aliphatic rings. The topological polar surface area (TPSA) is 46.5 Å². The first-order valence-corrected chi connectivity index (χ1v) is 6.08. The molecule has 0 amide bonds. The molecule has 17 heavy (non-hydrogen) atoms. The molecule has 92 valence electrons. The quantitative estimate of drug-likeness (QED) is 0.871. The third kappa shape index (κ3) is 2.60. The summed E-state index contributed by atoms with van der Waals surface area (Å²) in [6, 6.07) is 5.96. The van der Waals surface area contributed by atoms with Crippen LogP contribution in [-0.4, -0.2) is 17.2 Å². The molecule has 1 aromatic rings. The number of carboxylic acid groups (broad SMARTS) is 1. The molecular weight excluding hydrogens is 216 g/mol. The second-order valence-electron chi connectivity index (χ2n) is 4.82. The molecule has 0 radical (unpaired) electrons. The number of ether oxygens (including phenoxy) is 1. The van der Waals surface area contributed by atoms with Crippen LogP contribution in [0.25, 0.3) is 0 Å². The zero-order valence-corrected chi connectivity index (χ0v) is 10.3. The minimum absolute atomic E-state index is 0.151. The molecule has 0 bridgehead atoms. The minimum Gasteiger partial charge on any atom is -0.491 e. The Labute approximate surface area is 101 Å². The number of carboxylic acids is 1. The van der Waals surface area contributed by atoms with Gasteiger partial charge in [-0.1, -0.05) is 12.1 Å². The highest BCUT2D eigenvalue weighted by Crippen LogP contribution is 2.40. The van der Waals surface area contributed by atoms with Crippen molar-refractivity contribution < 1.29 is 14.6 Å². The van der Waals surface area contributed by atoms with Crippen LogP contribution in [0.2, 0.25) is 0 Å². The first kappa shape index (κ1) is 12.0. The van der Waals surface area contributed by atoms with Gasteiger partial charge in [-0.15, -0.1) is 0 Å². The fourth-order valence-corrected chi connectivity index (χ4v) is 2.49. The standard InChI is InChI=1S/C14H18O3/c1-9(2)17-13-5-3-4-11-10(8-14(15)16)6-7-12(11)13/h3-5,9-10H,6-8H2,1-2H3,(H,15,16). The molecule has 1 aromatic carbocycles. The normalized spacial score (nSPS) is 18.2. The van der Waals surface area contributed by atoms with Gasteiger partial charge in [0.05, 0.1) is 12.5 Å². The molecule has 3 nitrogen and oxygen atoms in total. The third-order valence-electron chi connectivity index (χ3n) is 3.14. The Balaban J connectivity index is 2.25. The van der Waals surface area contributed by atoms with Crippen LogP contribution in [0.4, 0.5) is 0 Å². The van der Waals surface area contributed by atoms with Gasteiger partial charge in [-0.25, -0.2) is 0 Å². The summed E-state index contributed by atoms with van der Waals surface area (Å²) in [5.74, 6) is 0.349. The SMILES string of the molecule is CC(C)Oc1cccc2c1CCC2CC(=O)O. The molecule has 0 aromatic heterocycles. The van der Waals surface area contributed by atoms with Gasteiger partial charge in [-0.3, -0.25) is 4.79 Å². The summed E-state index contributed by atoms with van der Waals surface area (Å²) in [7, 11) is 0. The summed E-state index contributed by atoms with van der Waals surface area (Å²) in [5, 5.41) is 8.88. The highest BCUT2D eigenvalue weighted by atomic mass is 16.5. The van der Waals surface area contributed by atoms with E-state index in [4.69, 9.17) is 9.84 Å². The van der Waals surface area contributed by atoms with E-state index >= 15 is 0 Å². The molecule has 3 heteroatoms. The van der Waals surface area contributed by atoms with Crippen LogP contribution >= 0.6 is 0 Å². The number of aliphatic carboxylic acids is 1. The van der Waals surface area contributed by atoms with E-state index in [1.54, 1.807) is 0 Å². The molecule has 2 rings (SSSR count). The van der Waals surface area contributed by atoms with Gasteiger partial charge in [0.1, 0.15) is 5.75 Å². The predicted molar refractivity (Wildman–Crippen MR) is 65.5 cm³/mol. The molecule has 0 heterocycles. The Morgan fingerprint density at radius 1 is 1.53 bits per heavy atom. The van der Waals surface area contributed by atoms with Crippen molar-refractivity contribution in [2.24, 2.45) is 0 Å². The van der Waals surface area contributed by atoms with Crippen LogP contribution < -0.4 is 4.74 Å². The van der Waals surface area contributed by atoms with E-state index < -0.39 is 5.97 Å². The zero-order valence-electron chi connectivity index (χ0n) is 10.3. The lowest BCUT2D eigenvalue weighted by Crippen LogP contribution is -2.07. The fraction of sp³-hybridized carbons (Fsp3) is 0.500. The lowest BCUT2D eigenvalue weighted by molar-refractivity contribution is -0.137. The summed E-state index contributed by atoms with van der Waals surface area (Å²) in [6.07, 6.45) is 2.22. The maximum Gasteiger partial charge on any atom is 0.303 e. The molecule has 0 saturated carbocycles. The zero-order chi connectivity index (χ0) is 12.4. The summed E-state index contributed by atoms with van der Waals surface area (Å²) < 4.78 is 5.76. The molecule has 1 N–H and O–H groups in total. The third-order valence-corrected chi connectivity index (χ3v) is 3.14. The van der Waals surface area contributed by atoms with E-state index in [1.165, 1.54) is 5.56 Å². The van der Waals surface area contributed by atoms with Crippen molar-refractivity contribution >= 4 is 5.97 Å². The number of rotatable bonds is 4. The van der Waals surface area contributed by atoms with Crippen LogP contribution in [0, 0.1) is 0 Å². The Morgan fingerprint density at radius 2 is 2.29 bits per heavy atom. The Bertz CT molecular complexity index is 423. The van der Waals surface area contributed by atoms with Crippen LogP contribution in [0.15, 0.2) is 18.2 Å². The monoisotopic (exact) mass is 234 g/mol. The van der Waals surface area contributed by atoms with Crippen molar-refractivity contribution in [3.8, 4) is 5.75 Å². The predicted octanol–water partition coefficient (Wildman–Crippen LogP) is 2.98. The summed E-state index contributed by atoms with van der Waals surface area (Å²) in [4.78, 5) is 10.8. The van der Waals surface area contributed by atoms with E-state index in [2.05, 4.69) is 0 Å². The summed E-state index contributed by atoms with van der Waals surface area (Å²) >= 11 is 0. The summed E-state index contributed by atoms with van der Waals surface area (Å²) in [6.45, 7) is 4.01. The van der Waals surface area contributed by atoms with E-state index in [1.807, 2.05) is 32.0 Å². The van der Waals surface area contributed by atoms with Crippen LogP contribution in [0.5, 0.6) is 5.75 Å². The highest BCUT2D eigenvalue weighted by molar-refractivity contribution is 5.68. The minimum atomic E-state index is -0.724. The average Bonchev–Trinajstić information content (AvgIpc) is 2.61. The van der Waals surface area contributed by atoms with Crippen molar-refractivity contribution in [2.75, 3.05) is 0 Å². The molecule has 0 saturated heterocycles. The first-order chi connectivity index (χ1) is 8.08. The van der Waals surface area contributed by atoms with E-state index in [0.717, 1.165) is 24.2 Å². The van der Waals surface area contributed by atoms with Crippen molar-refractivity contribution in [1.29, 1.82) is 0 Å². The second kappa shape index (κ2) is 4.78. The van der Waals surface area contributed by atoms with Gasteiger partial charge in [0.25, 0.3) is 0 Å². The molecule has 1 unspecified atom stereocenters. The van der Waals surface area contributed by atoms with Gasteiger partial charge in [-0.05, 0) is 49.8 Å². The number of benzene rings is 1. The van der Waals surface area contributed by atoms with Crippen molar-refractivity contribution in [1.82, 2.24) is 0 Å². The number of hydrogen-bond acceptors (Lipinski definition) is 2. The Kier molecular flexibility index (Phi) is 3.36. The molecule has 1 atom stereocenters. The van der Waals surface area contributed by atoms with Gasteiger partial charge in [0, 0.05) is 0 Å². The van der Waals surface area contributed by atoms with Crippen molar-refractivity contribution in [3.63, 3.8) is 0 Å². The van der Waals surface area contributed by atoms with E-state index in [9.17, 15) is 4.79 Å².